The van der Waals surface area contributed by atoms with Gasteiger partial charge in [0, 0.05) is 43.9 Å². The van der Waals surface area contributed by atoms with E-state index in [-0.39, 0.29) is 12.2 Å². The van der Waals surface area contributed by atoms with Crippen molar-refractivity contribution in [3.05, 3.63) is 34.4 Å². The molecule has 0 spiro atoms. The summed E-state index contributed by atoms with van der Waals surface area (Å²) in [7, 11) is 1.91. The molecule has 1 aromatic heterocycles. The van der Waals surface area contributed by atoms with Crippen LogP contribution in [0.4, 0.5) is 17.5 Å². The maximum atomic E-state index is 6.47. The molecule has 1 fully saturated rings. The number of thioether (sulfide) groups is 1. The van der Waals surface area contributed by atoms with Crippen molar-refractivity contribution < 1.29 is 4.74 Å². The molecule has 1 aromatic carbocycles. The van der Waals surface area contributed by atoms with Gasteiger partial charge < -0.3 is 15.0 Å². The minimum absolute atomic E-state index is 0.258. The lowest BCUT2D eigenvalue weighted by Gasteiger charge is -2.35. The van der Waals surface area contributed by atoms with Gasteiger partial charge in [-0.25, -0.2) is 0 Å². The Morgan fingerprint density at radius 1 is 1.17 bits per heavy atom. The SMILES string of the molecule is CSc1c(Cl)nc(N(C)c2ccc(Cl)cc2)nc1NCCN1CC(C)OC(C)C1. The van der Waals surface area contributed by atoms with Crippen molar-refractivity contribution in [2.75, 3.05) is 49.7 Å². The van der Waals surface area contributed by atoms with Gasteiger partial charge in [0.15, 0.2) is 0 Å². The first-order valence-corrected chi connectivity index (χ1v) is 11.6. The van der Waals surface area contributed by atoms with E-state index in [0.717, 1.165) is 42.6 Å². The van der Waals surface area contributed by atoms with Crippen LogP contribution in [0.5, 0.6) is 0 Å². The maximum absolute atomic E-state index is 6.47. The summed E-state index contributed by atoms with van der Waals surface area (Å²) < 4.78 is 5.81. The van der Waals surface area contributed by atoms with Crippen molar-refractivity contribution in [3.63, 3.8) is 0 Å². The third-order valence-electron chi connectivity index (χ3n) is 4.75. The second kappa shape index (κ2) is 10.2. The molecule has 1 N–H and O–H groups in total. The maximum Gasteiger partial charge on any atom is 0.233 e. The van der Waals surface area contributed by atoms with E-state index in [1.165, 1.54) is 11.8 Å². The lowest BCUT2D eigenvalue weighted by atomic mass is 10.2. The van der Waals surface area contributed by atoms with Crippen LogP contribution in [0.15, 0.2) is 29.2 Å². The van der Waals surface area contributed by atoms with Crippen molar-refractivity contribution in [1.82, 2.24) is 14.9 Å². The summed E-state index contributed by atoms with van der Waals surface area (Å²) in [6.45, 7) is 7.79. The molecule has 2 heterocycles. The standard InChI is InChI=1S/C20H27Cl2N5OS/c1-13-11-27(12-14(2)28-13)10-9-23-19-17(29-4)18(22)24-20(25-19)26(3)16-7-5-15(21)6-8-16/h5-8,13-14H,9-12H2,1-4H3,(H,23,24,25). The smallest absolute Gasteiger partial charge is 0.233 e. The van der Waals surface area contributed by atoms with Gasteiger partial charge in [0.25, 0.3) is 0 Å². The van der Waals surface area contributed by atoms with Gasteiger partial charge >= 0.3 is 0 Å². The number of anilines is 3. The van der Waals surface area contributed by atoms with Crippen molar-refractivity contribution in [2.24, 2.45) is 0 Å². The zero-order chi connectivity index (χ0) is 21.0. The minimum Gasteiger partial charge on any atom is -0.373 e. The van der Waals surface area contributed by atoms with Crippen LogP contribution in [-0.2, 0) is 4.74 Å². The van der Waals surface area contributed by atoms with Crippen molar-refractivity contribution in [3.8, 4) is 0 Å². The molecule has 6 nitrogen and oxygen atoms in total. The Labute approximate surface area is 186 Å². The van der Waals surface area contributed by atoms with Gasteiger partial charge in [-0.15, -0.1) is 11.8 Å². The summed E-state index contributed by atoms with van der Waals surface area (Å²) in [6, 6.07) is 7.54. The molecule has 3 rings (SSSR count). The summed E-state index contributed by atoms with van der Waals surface area (Å²) in [6.07, 6.45) is 2.49. The normalized spacial score (nSPS) is 19.9. The molecule has 2 unspecified atom stereocenters. The van der Waals surface area contributed by atoms with E-state index in [1.807, 2.05) is 42.5 Å². The lowest BCUT2D eigenvalue weighted by Crippen LogP contribution is -2.46. The second-order valence-electron chi connectivity index (χ2n) is 7.18. The fraction of sp³-hybridized carbons (Fsp3) is 0.500. The highest BCUT2D eigenvalue weighted by Gasteiger charge is 2.22. The summed E-state index contributed by atoms with van der Waals surface area (Å²) in [4.78, 5) is 14.4. The van der Waals surface area contributed by atoms with E-state index in [4.69, 9.17) is 32.9 Å². The van der Waals surface area contributed by atoms with Crippen molar-refractivity contribution in [1.29, 1.82) is 0 Å². The van der Waals surface area contributed by atoms with Crippen LogP contribution in [-0.4, -0.2) is 66.6 Å². The fourth-order valence-electron chi connectivity index (χ4n) is 3.44. The molecule has 0 radical (unpaired) electrons. The Bertz CT molecular complexity index is 813. The highest BCUT2D eigenvalue weighted by Crippen LogP contribution is 2.33. The Morgan fingerprint density at radius 2 is 1.83 bits per heavy atom. The summed E-state index contributed by atoms with van der Waals surface area (Å²) >= 11 is 14.0. The quantitative estimate of drug-likeness (QED) is 0.475. The van der Waals surface area contributed by atoms with Gasteiger partial charge in [-0.2, -0.15) is 9.97 Å². The number of hydrogen-bond acceptors (Lipinski definition) is 7. The van der Waals surface area contributed by atoms with Crippen LogP contribution in [0, 0.1) is 0 Å². The highest BCUT2D eigenvalue weighted by atomic mass is 35.5. The van der Waals surface area contributed by atoms with Gasteiger partial charge in [-0.1, -0.05) is 23.2 Å². The van der Waals surface area contributed by atoms with Gasteiger partial charge in [0.05, 0.1) is 17.1 Å². The van der Waals surface area contributed by atoms with E-state index in [9.17, 15) is 0 Å². The van der Waals surface area contributed by atoms with Gasteiger partial charge in [0.2, 0.25) is 5.95 Å². The van der Waals surface area contributed by atoms with Gasteiger partial charge in [-0.3, -0.25) is 4.90 Å². The molecule has 158 valence electrons. The van der Waals surface area contributed by atoms with E-state index in [1.54, 1.807) is 0 Å². The number of nitrogens with zero attached hydrogens (tertiary/aromatic N) is 4. The van der Waals surface area contributed by atoms with E-state index in [2.05, 4.69) is 29.0 Å². The van der Waals surface area contributed by atoms with Crippen molar-refractivity contribution in [2.45, 2.75) is 31.0 Å². The molecule has 0 amide bonds. The van der Waals surface area contributed by atoms with Crippen LogP contribution in [0.2, 0.25) is 10.2 Å². The molecule has 1 aliphatic rings. The molecule has 29 heavy (non-hydrogen) atoms. The molecule has 1 aliphatic heterocycles. The third-order valence-corrected chi connectivity index (χ3v) is 6.18. The van der Waals surface area contributed by atoms with Crippen LogP contribution in [0.25, 0.3) is 0 Å². The monoisotopic (exact) mass is 455 g/mol. The molecule has 0 saturated carbocycles. The summed E-state index contributed by atoms with van der Waals surface area (Å²) in [5, 5.41) is 4.58. The zero-order valence-corrected chi connectivity index (χ0v) is 19.5. The molecule has 2 aromatic rings. The predicted molar refractivity (Wildman–Crippen MR) is 123 cm³/mol. The largest absolute Gasteiger partial charge is 0.373 e. The second-order valence-corrected chi connectivity index (χ2v) is 8.79. The van der Waals surface area contributed by atoms with Crippen LogP contribution >= 0.6 is 35.0 Å². The van der Waals surface area contributed by atoms with Crippen LogP contribution in [0.3, 0.4) is 0 Å². The minimum atomic E-state index is 0.258. The number of halogens is 2. The van der Waals surface area contributed by atoms with Gasteiger partial charge in [-0.05, 0) is 44.4 Å². The van der Waals surface area contributed by atoms with Crippen LogP contribution < -0.4 is 10.2 Å². The molecule has 0 bridgehead atoms. The molecular weight excluding hydrogens is 429 g/mol. The first-order valence-electron chi connectivity index (χ1n) is 9.60. The third kappa shape index (κ3) is 5.89. The number of morpholine rings is 1. The molecule has 1 saturated heterocycles. The average Bonchev–Trinajstić information content (AvgIpc) is 2.67. The Balaban J connectivity index is 1.72. The Morgan fingerprint density at radius 3 is 2.45 bits per heavy atom. The van der Waals surface area contributed by atoms with Crippen molar-refractivity contribution >= 4 is 52.4 Å². The molecule has 9 heteroatoms. The van der Waals surface area contributed by atoms with Crippen LogP contribution in [0.1, 0.15) is 13.8 Å². The molecule has 0 aliphatic carbocycles. The Hall–Kier alpha value is -1.25. The molecule has 2 atom stereocenters. The number of aromatic nitrogens is 2. The van der Waals surface area contributed by atoms with E-state index < -0.39 is 0 Å². The number of hydrogen-bond donors (Lipinski definition) is 1. The lowest BCUT2D eigenvalue weighted by molar-refractivity contribution is -0.0667. The number of nitrogens with one attached hydrogen (secondary N) is 1. The zero-order valence-electron chi connectivity index (χ0n) is 17.2. The predicted octanol–water partition coefficient (Wildman–Crippen LogP) is 4.79. The van der Waals surface area contributed by atoms with Gasteiger partial charge in [0.1, 0.15) is 11.0 Å². The fourth-order valence-corrected chi connectivity index (χ4v) is 4.49. The average molecular weight is 456 g/mol. The van der Waals surface area contributed by atoms with E-state index >= 15 is 0 Å². The topological polar surface area (TPSA) is 53.5 Å². The van der Waals surface area contributed by atoms with E-state index in [0.29, 0.717) is 16.1 Å². The first kappa shape index (κ1) is 22.4. The first-order chi connectivity index (χ1) is 13.9. The number of rotatable bonds is 7. The Kier molecular flexibility index (Phi) is 7.87. The highest BCUT2D eigenvalue weighted by molar-refractivity contribution is 7.98. The summed E-state index contributed by atoms with van der Waals surface area (Å²) in [5.74, 6) is 1.29. The molecular formula is C20H27Cl2N5OS. The number of benzene rings is 1. The summed E-state index contributed by atoms with van der Waals surface area (Å²) in [5.41, 5.74) is 0.935. The number of ether oxygens (including phenoxy) is 1.